The summed E-state index contributed by atoms with van der Waals surface area (Å²) in [6, 6.07) is 17.3. The number of hydrogen-bond acceptors (Lipinski definition) is 5. The number of benzene rings is 3. The van der Waals surface area contributed by atoms with Gasteiger partial charge in [0.15, 0.2) is 0 Å². The monoisotopic (exact) mass is 425 g/mol. The number of nitrogens with one attached hydrogen (secondary N) is 1. The molecule has 5 rings (SSSR count). The van der Waals surface area contributed by atoms with E-state index < -0.39 is 29.5 Å². The fourth-order valence-corrected chi connectivity index (χ4v) is 3.87. The average Bonchev–Trinajstić information content (AvgIpc) is 3.19. The first kappa shape index (κ1) is 19.4. The summed E-state index contributed by atoms with van der Waals surface area (Å²) >= 11 is 0. The van der Waals surface area contributed by atoms with Crippen molar-refractivity contribution >= 4 is 35.2 Å². The van der Waals surface area contributed by atoms with Crippen molar-refractivity contribution in [1.29, 1.82) is 0 Å². The molecule has 0 aliphatic carbocycles. The minimum Gasteiger partial charge on any atom is -0.268 e. The number of hydrazine groups is 1. The number of fused-ring (bicyclic) bond motifs is 2. The third kappa shape index (κ3) is 2.73. The van der Waals surface area contributed by atoms with Crippen molar-refractivity contribution in [2.45, 2.75) is 6.92 Å². The molecule has 2 heterocycles. The molecule has 3 aromatic carbocycles. The predicted octanol–water partition coefficient (Wildman–Crippen LogP) is 2.74. The number of aryl methyl sites for hydroxylation is 1. The number of carbonyl (C=O) groups excluding carboxylic acids is 5. The van der Waals surface area contributed by atoms with Crippen LogP contribution in [0.3, 0.4) is 0 Å². The third-order valence-corrected chi connectivity index (χ3v) is 5.51. The van der Waals surface area contributed by atoms with Gasteiger partial charge in [0.25, 0.3) is 29.5 Å². The molecule has 0 unspecified atom stereocenters. The van der Waals surface area contributed by atoms with Gasteiger partial charge in [0.1, 0.15) is 0 Å². The average molecular weight is 425 g/mol. The van der Waals surface area contributed by atoms with Gasteiger partial charge in [0, 0.05) is 5.56 Å². The lowest BCUT2D eigenvalue weighted by atomic mass is 10.1. The quantitative estimate of drug-likeness (QED) is 0.650. The van der Waals surface area contributed by atoms with Crippen LogP contribution in [0, 0.1) is 6.92 Å². The first-order chi connectivity index (χ1) is 15.4. The van der Waals surface area contributed by atoms with Crippen molar-refractivity contribution < 1.29 is 24.0 Å². The van der Waals surface area contributed by atoms with Crippen LogP contribution in [-0.2, 0) is 0 Å². The van der Waals surface area contributed by atoms with Gasteiger partial charge in [-0.3, -0.25) is 29.4 Å². The van der Waals surface area contributed by atoms with Crippen LogP contribution in [0.5, 0.6) is 0 Å². The molecule has 3 aromatic rings. The third-order valence-electron chi connectivity index (χ3n) is 5.51. The summed E-state index contributed by atoms with van der Waals surface area (Å²) in [5.41, 5.74) is 4.20. The topological polar surface area (TPSA) is 104 Å². The van der Waals surface area contributed by atoms with E-state index in [1.165, 1.54) is 30.3 Å². The number of para-hydroxylation sites is 1. The molecule has 0 radical (unpaired) electrons. The largest absolute Gasteiger partial charge is 0.280 e. The maximum atomic E-state index is 13.0. The van der Waals surface area contributed by atoms with Gasteiger partial charge < -0.3 is 0 Å². The Balaban J connectivity index is 1.43. The highest BCUT2D eigenvalue weighted by Gasteiger charge is 2.39. The zero-order valence-electron chi connectivity index (χ0n) is 16.8. The van der Waals surface area contributed by atoms with Crippen molar-refractivity contribution in [3.8, 4) is 0 Å². The van der Waals surface area contributed by atoms with E-state index in [1.54, 1.807) is 43.3 Å². The van der Waals surface area contributed by atoms with E-state index in [2.05, 4.69) is 5.43 Å². The summed E-state index contributed by atoms with van der Waals surface area (Å²) in [7, 11) is 0. The molecule has 0 atom stereocenters. The van der Waals surface area contributed by atoms with Crippen LogP contribution in [-0.4, -0.2) is 34.5 Å². The van der Waals surface area contributed by atoms with Crippen LogP contribution >= 0.6 is 0 Å². The van der Waals surface area contributed by atoms with Crippen LogP contribution in [0.15, 0.2) is 66.7 Å². The number of hydrogen-bond donors (Lipinski definition) is 1. The number of amides is 5. The molecular formula is C24H15N3O5. The lowest BCUT2D eigenvalue weighted by Crippen LogP contribution is -2.45. The van der Waals surface area contributed by atoms with E-state index in [9.17, 15) is 24.0 Å². The molecule has 2 aliphatic rings. The fourth-order valence-electron chi connectivity index (χ4n) is 3.87. The van der Waals surface area contributed by atoms with Crippen molar-refractivity contribution in [1.82, 2.24) is 10.4 Å². The normalized spacial score (nSPS) is 14.7. The maximum Gasteiger partial charge on any atom is 0.280 e. The van der Waals surface area contributed by atoms with Gasteiger partial charge in [0.05, 0.1) is 27.9 Å². The molecule has 8 nitrogen and oxygen atoms in total. The number of carbonyl (C=O) groups is 5. The fraction of sp³-hybridized carbons (Fsp3) is 0.0417. The molecule has 0 aromatic heterocycles. The summed E-state index contributed by atoms with van der Waals surface area (Å²) in [6.07, 6.45) is 0. The number of imide groups is 2. The Labute approximate surface area is 182 Å². The lowest BCUT2D eigenvalue weighted by molar-refractivity contribution is 0.0518. The summed E-state index contributed by atoms with van der Waals surface area (Å²) in [5.74, 6) is -3.06. The summed E-state index contributed by atoms with van der Waals surface area (Å²) in [4.78, 5) is 64.6. The van der Waals surface area contributed by atoms with Gasteiger partial charge in [-0.05, 0) is 48.9 Å². The highest BCUT2D eigenvalue weighted by atomic mass is 16.2. The van der Waals surface area contributed by atoms with E-state index in [0.29, 0.717) is 10.7 Å². The summed E-state index contributed by atoms with van der Waals surface area (Å²) in [6.45, 7) is 1.79. The Hall–Kier alpha value is -4.59. The zero-order valence-corrected chi connectivity index (χ0v) is 16.8. The van der Waals surface area contributed by atoms with Crippen molar-refractivity contribution in [2.75, 3.05) is 4.90 Å². The van der Waals surface area contributed by atoms with Gasteiger partial charge in [-0.1, -0.05) is 30.3 Å². The molecule has 1 N–H and O–H groups in total. The zero-order chi connectivity index (χ0) is 22.6. The van der Waals surface area contributed by atoms with E-state index >= 15 is 0 Å². The second-order valence-electron chi connectivity index (χ2n) is 7.42. The molecule has 0 spiro atoms. The van der Waals surface area contributed by atoms with Gasteiger partial charge in [0.2, 0.25) is 0 Å². The van der Waals surface area contributed by atoms with E-state index in [-0.39, 0.29) is 27.8 Å². The number of rotatable bonds is 3. The van der Waals surface area contributed by atoms with E-state index in [1.807, 2.05) is 0 Å². The van der Waals surface area contributed by atoms with Crippen molar-refractivity contribution in [3.05, 3.63) is 100 Å². The summed E-state index contributed by atoms with van der Waals surface area (Å²) in [5, 5.41) is 0.646. The first-order valence-electron chi connectivity index (χ1n) is 9.75. The predicted molar refractivity (Wildman–Crippen MR) is 113 cm³/mol. The van der Waals surface area contributed by atoms with E-state index in [0.717, 1.165) is 10.5 Å². The molecule has 5 amide bonds. The molecular weight excluding hydrogens is 410 g/mol. The minimum atomic E-state index is -0.753. The molecule has 0 saturated carbocycles. The summed E-state index contributed by atoms with van der Waals surface area (Å²) < 4.78 is 0. The Morgan fingerprint density at radius 2 is 1.25 bits per heavy atom. The number of anilines is 1. The van der Waals surface area contributed by atoms with Crippen molar-refractivity contribution in [3.63, 3.8) is 0 Å². The standard InChI is InChI=1S/C24H15N3O5/c1-13-6-2-5-9-19(13)26-21(29)17-11-10-14(12-18(17)22(26)30)20(28)25-27-23(31)15-7-3-4-8-16(15)24(27)32/h2-12H,1H3,(H,25,28). The molecule has 8 heteroatoms. The second-order valence-corrected chi connectivity index (χ2v) is 7.42. The molecule has 156 valence electrons. The molecule has 0 bridgehead atoms. The van der Waals surface area contributed by atoms with Crippen LogP contribution in [0.25, 0.3) is 0 Å². The SMILES string of the molecule is Cc1ccccc1N1C(=O)c2ccc(C(=O)NN3C(=O)c4ccccc4C3=O)cc2C1=O. The second kappa shape index (κ2) is 6.98. The smallest absolute Gasteiger partial charge is 0.268 e. The Bertz CT molecular complexity index is 1340. The van der Waals surface area contributed by atoms with Crippen LogP contribution in [0.1, 0.15) is 57.4 Å². The van der Waals surface area contributed by atoms with Crippen molar-refractivity contribution in [2.24, 2.45) is 0 Å². The van der Waals surface area contributed by atoms with Crippen LogP contribution < -0.4 is 10.3 Å². The van der Waals surface area contributed by atoms with Gasteiger partial charge in [-0.15, -0.1) is 0 Å². The lowest BCUT2D eigenvalue weighted by Gasteiger charge is -2.16. The van der Waals surface area contributed by atoms with Gasteiger partial charge >= 0.3 is 0 Å². The highest BCUT2D eigenvalue weighted by Crippen LogP contribution is 2.31. The van der Waals surface area contributed by atoms with Gasteiger partial charge in [-0.2, -0.15) is 5.01 Å². The molecule has 2 aliphatic heterocycles. The minimum absolute atomic E-state index is 0.0353. The van der Waals surface area contributed by atoms with Crippen LogP contribution in [0.4, 0.5) is 5.69 Å². The van der Waals surface area contributed by atoms with E-state index in [4.69, 9.17) is 0 Å². The molecule has 32 heavy (non-hydrogen) atoms. The van der Waals surface area contributed by atoms with Gasteiger partial charge in [-0.25, -0.2) is 4.90 Å². The first-order valence-corrected chi connectivity index (χ1v) is 9.75. The molecule has 0 saturated heterocycles. The van der Waals surface area contributed by atoms with Crippen LogP contribution in [0.2, 0.25) is 0 Å². The Kier molecular flexibility index (Phi) is 4.23. The maximum absolute atomic E-state index is 13.0. The number of nitrogens with zero attached hydrogens (tertiary/aromatic N) is 2. The Morgan fingerprint density at radius 1 is 0.688 bits per heavy atom. The molecule has 0 fully saturated rings. The Morgan fingerprint density at radius 3 is 1.91 bits per heavy atom. The highest BCUT2D eigenvalue weighted by molar-refractivity contribution is 6.35.